The van der Waals surface area contributed by atoms with Crippen molar-refractivity contribution in [2.45, 2.75) is 6.92 Å². The van der Waals surface area contributed by atoms with Gasteiger partial charge in [0, 0.05) is 17.8 Å². The Kier molecular flexibility index (Phi) is 5.14. The third kappa shape index (κ3) is 3.49. The van der Waals surface area contributed by atoms with Crippen molar-refractivity contribution in [2.24, 2.45) is 0 Å². The number of ether oxygens (including phenoxy) is 1. The van der Waals surface area contributed by atoms with E-state index in [2.05, 4.69) is 4.98 Å². The Bertz CT molecular complexity index is 1560. The predicted octanol–water partition coefficient (Wildman–Crippen LogP) is 4.91. The summed E-state index contributed by atoms with van der Waals surface area (Å²) in [5.41, 5.74) is 11.2. The molecule has 0 radical (unpaired) electrons. The first kappa shape index (κ1) is 21.1. The molecule has 0 saturated heterocycles. The largest absolute Gasteiger partial charge is 0.462 e. The number of carbonyl (C=O) groups excluding carboxylic acids is 1. The Morgan fingerprint density at radius 1 is 0.971 bits per heavy atom. The van der Waals surface area contributed by atoms with Gasteiger partial charge in [0.1, 0.15) is 16.9 Å². The van der Waals surface area contributed by atoms with Crippen LogP contribution in [0.25, 0.3) is 39.0 Å². The molecule has 0 unspecified atom stereocenters. The molecule has 5 aromatic rings. The van der Waals surface area contributed by atoms with Gasteiger partial charge in [-0.05, 0) is 54.4 Å². The van der Waals surface area contributed by atoms with E-state index < -0.39 is 10.9 Å². The molecule has 0 atom stereocenters. The summed E-state index contributed by atoms with van der Waals surface area (Å²) in [6, 6.07) is 21.2. The van der Waals surface area contributed by atoms with Crippen molar-refractivity contribution < 1.29 is 14.5 Å². The third-order valence-electron chi connectivity index (χ3n) is 5.51. The van der Waals surface area contributed by atoms with Crippen LogP contribution in [0.15, 0.2) is 72.8 Å². The lowest BCUT2D eigenvalue weighted by atomic mass is 10.1. The molecule has 5 rings (SSSR count). The standard InChI is InChI=1S/C25H19N5O4/c1-2-34-25(31)21-22-24(28-20-6-4-3-5-19(20)27-22)29(23(21)26)17-11-7-15(8-12-17)16-9-13-18(14-10-16)30(32)33/h3-14H,2,26H2,1H3. The first-order valence-corrected chi connectivity index (χ1v) is 10.6. The van der Waals surface area contributed by atoms with Crippen LogP contribution in [0.3, 0.4) is 0 Å². The Labute approximate surface area is 193 Å². The minimum absolute atomic E-state index is 0.0317. The van der Waals surface area contributed by atoms with Crippen molar-refractivity contribution in [2.75, 3.05) is 12.3 Å². The second kappa shape index (κ2) is 8.28. The Hall–Kier alpha value is -4.79. The average molecular weight is 453 g/mol. The fourth-order valence-corrected chi connectivity index (χ4v) is 3.91. The van der Waals surface area contributed by atoms with Crippen molar-refractivity contribution in [3.8, 4) is 16.8 Å². The van der Waals surface area contributed by atoms with E-state index >= 15 is 0 Å². The molecule has 0 aliphatic rings. The van der Waals surface area contributed by atoms with E-state index in [1.807, 2.05) is 48.5 Å². The van der Waals surface area contributed by atoms with Crippen molar-refractivity contribution >= 4 is 39.7 Å². The second-order valence-corrected chi connectivity index (χ2v) is 7.55. The predicted molar refractivity (Wildman–Crippen MR) is 129 cm³/mol. The summed E-state index contributed by atoms with van der Waals surface area (Å²) in [6.07, 6.45) is 0. The van der Waals surface area contributed by atoms with E-state index in [4.69, 9.17) is 15.5 Å². The van der Waals surface area contributed by atoms with Crippen LogP contribution in [0.2, 0.25) is 0 Å². The summed E-state index contributed by atoms with van der Waals surface area (Å²) >= 11 is 0. The highest BCUT2D eigenvalue weighted by atomic mass is 16.6. The quantitative estimate of drug-likeness (QED) is 0.228. The van der Waals surface area contributed by atoms with Crippen LogP contribution < -0.4 is 5.73 Å². The van der Waals surface area contributed by atoms with Gasteiger partial charge in [-0.15, -0.1) is 0 Å². The van der Waals surface area contributed by atoms with Gasteiger partial charge in [-0.1, -0.05) is 24.3 Å². The average Bonchev–Trinajstić information content (AvgIpc) is 3.13. The number of rotatable bonds is 5. The number of carbonyl (C=O) groups is 1. The van der Waals surface area contributed by atoms with Gasteiger partial charge >= 0.3 is 5.97 Å². The number of non-ortho nitro benzene ring substituents is 1. The number of esters is 1. The van der Waals surface area contributed by atoms with Gasteiger partial charge in [0.2, 0.25) is 0 Å². The molecule has 0 bridgehead atoms. The van der Waals surface area contributed by atoms with Crippen LogP contribution in [0, 0.1) is 10.1 Å². The van der Waals surface area contributed by atoms with Gasteiger partial charge in [-0.3, -0.25) is 14.7 Å². The van der Waals surface area contributed by atoms with E-state index in [1.54, 1.807) is 23.6 Å². The molecular weight excluding hydrogens is 434 g/mol. The minimum Gasteiger partial charge on any atom is -0.462 e. The molecule has 168 valence electrons. The zero-order valence-electron chi connectivity index (χ0n) is 18.1. The number of para-hydroxylation sites is 2. The summed E-state index contributed by atoms with van der Waals surface area (Å²) in [5, 5.41) is 10.9. The van der Waals surface area contributed by atoms with E-state index in [0.29, 0.717) is 27.9 Å². The number of nitrogen functional groups attached to an aromatic ring is 1. The number of aromatic nitrogens is 3. The summed E-state index contributed by atoms with van der Waals surface area (Å²) in [6.45, 7) is 1.93. The molecule has 0 aliphatic heterocycles. The maximum atomic E-state index is 12.7. The zero-order chi connectivity index (χ0) is 23.8. The summed E-state index contributed by atoms with van der Waals surface area (Å²) in [5.74, 6) is -0.373. The Morgan fingerprint density at radius 3 is 2.15 bits per heavy atom. The molecule has 2 aromatic heterocycles. The topological polar surface area (TPSA) is 126 Å². The number of nitro benzene ring substituents is 1. The van der Waals surface area contributed by atoms with E-state index in [9.17, 15) is 14.9 Å². The highest BCUT2D eigenvalue weighted by Crippen LogP contribution is 2.32. The number of fused-ring (bicyclic) bond motifs is 2. The fraction of sp³-hybridized carbons (Fsp3) is 0.0800. The minimum atomic E-state index is -0.559. The number of anilines is 1. The first-order valence-electron chi connectivity index (χ1n) is 10.6. The lowest BCUT2D eigenvalue weighted by Crippen LogP contribution is -2.09. The third-order valence-corrected chi connectivity index (χ3v) is 5.51. The highest BCUT2D eigenvalue weighted by Gasteiger charge is 2.25. The summed E-state index contributed by atoms with van der Waals surface area (Å²) in [7, 11) is 0. The molecule has 0 spiro atoms. The molecule has 3 aromatic carbocycles. The zero-order valence-corrected chi connectivity index (χ0v) is 18.1. The second-order valence-electron chi connectivity index (χ2n) is 7.55. The molecule has 9 nitrogen and oxygen atoms in total. The maximum Gasteiger partial charge on any atom is 0.344 e. The lowest BCUT2D eigenvalue weighted by molar-refractivity contribution is -0.384. The first-order chi connectivity index (χ1) is 16.5. The van der Waals surface area contributed by atoms with Gasteiger partial charge in [-0.25, -0.2) is 14.8 Å². The van der Waals surface area contributed by atoms with Crippen LogP contribution in [0.1, 0.15) is 17.3 Å². The van der Waals surface area contributed by atoms with Crippen molar-refractivity contribution in [1.82, 2.24) is 14.5 Å². The number of nitro groups is 1. The summed E-state index contributed by atoms with van der Waals surface area (Å²) in [4.78, 5) is 32.6. The van der Waals surface area contributed by atoms with Crippen molar-refractivity contribution in [3.63, 3.8) is 0 Å². The van der Waals surface area contributed by atoms with Gasteiger partial charge in [0.05, 0.1) is 22.6 Å². The number of nitrogens with two attached hydrogens (primary N) is 1. The normalized spacial score (nSPS) is 11.1. The number of nitrogens with zero attached hydrogens (tertiary/aromatic N) is 4. The SMILES string of the molecule is CCOC(=O)c1c(N)n(-c2ccc(-c3ccc([N+](=O)[O-])cc3)cc2)c2nc3ccccc3nc12. The molecule has 0 fully saturated rings. The molecule has 0 saturated carbocycles. The molecule has 9 heteroatoms. The summed E-state index contributed by atoms with van der Waals surface area (Å²) < 4.78 is 6.91. The molecule has 34 heavy (non-hydrogen) atoms. The van der Waals surface area contributed by atoms with E-state index in [0.717, 1.165) is 11.1 Å². The monoisotopic (exact) mass is 453 g/mol. The Morgan fingerprint density at radius 2 is 1.56 bits per heavy atom. The molecule has 0 aliphatic carbocycles. The van der Waals surface area contributed by atoms with E-state index in [-0.39, 0.29) is 23.7 Å². The van der Waals surface area contributed by atoms with Gasteiger partial charge < -0.3 is 10.5 Å². The number of hydrogen-bond acceptors (Lipinski definition) is 7. The van der Waals surface area contributed by atoms with Crippen molar-refractivity contribution in [1.29, 1.82) is 0 Å². The van der Waals surface area contributed by atoms with Crippen molar-refractivity contribution in [3.05, 3.63) is 88.5 Å². The Balaban J connectivity index is 1.65. The van der Waals surface area contributed by atoms with Crippen LogP contribution in [0.5, 0.6) is 0 Å². The highest BCUT2D eigenvalue weighted by molar-refractivity contribution is 6.09. The van der Waals surface area contributed by atoms with Gasteiger partial charge in [-0.2, -0.15) is 0 Å². The van der Waals surface area contributed by atoms with Crippen LogP contribution in [-0.2, 0) is 4.74 Å². The maximum absolute atomic E-state index is 12.7. The fourth-order valence-electron chi connectivity index (χ4n) is 3.91. The molecule has 0 amide bonds. The number of hydrogen-bond donors (Lipinski definition) is 1. The van der Waals surface area contributed by atoms with Gasteiger partial charge in [0.25, 0.3) is 5.69 Å². The smallest absolute Gasteiger partial charge is 0.344 e. The number of benzene rings is 3. The molecule has 2 heterocycles. The van der Waals surface area contributed by atoms with Crippen LogP contribution >= 0.6 is 0 Å². The van der Waals surface area contributed by atoms with Crippen LogP contribution in [0.4, 0.5) is 11.5 Å². The van der Waals surface area contributed by atoms with Gasteiger partial charge in [0.15, 0.2) is 5.65 Å². The molecular formula is C25H19N5O4. The van der Waals surface area contributed by atoms with E-state index in [1.165, 1.54) is 12.1 Å². The lowest BCUT2D eigenvalue weighted by Gasteiger charge is -2.09. The van der Waals surface area contributed by atoms with Crippen LogP contribution in [-0.4, -0.2) is 32.0 Å². The molecule has 2 N–H and O–H groups in total.